The van der Waals surface area contributed by atoms with Crippen LogP contribution < -0.4 is 5.73 Å². The van der Waals surface area contributed by atoms with Gasteiger partial charge in [-0.05, 0) is 31.0 Å². The van der Waals surface area contributed by atoms with E-state index in [1.807, 2.05) is 31.2 Å². The quantitative estimate of drug-likeness (QED) is 0.915. The Hall–Kier alpha value is -1.20. The van der Waals surface area contributed by atoms with E-state index in [1.165, 1.54) is 0 Å². The maximum atomic E-state index is 6.17. The van der Waals surface area contributed by atoms with E-state index in [0.717, 1.165) is 22.9 Å². The fourth-order valence-electron chi connectivity index (χ4n) is 1.97. The lowest BCUT2D eigenvalue weighted by molar-refractivity contribution is 0.282. The van der Waals surface area contributed by atoms with Gasteiger partial charge in [0.2, 0.25) is 5.89 Å². The Morgan fingerprint density at radius 1 is 1.32 bits per heavy atom. The molecule has 2 rings (SSSR count). The topological polar surface area (TPSA) is 64.9 Å². The number of hydrogen-bond acceptors (Lipinski definition) is 4. The van der Waals surface area contributed by atoms with Crippen LogP contribution in [-0.4, -0.2) is 10.1 Å². The van der Waals surface area contributed by atoms with Crippen molar-refractivity contribution in [2.75, 3.05) is 0 Å². The van der Waals surface area contributed by atoms with Gasteiger partial charge in [-0.2, -0.15) is 4.98 Å². The summed E-state index contributed by atoms with van der Waals surface area (Å²) in [5.74, 6) is 1.19. The van der Waals surface area contributed by atoms with E-state index < -0.39 is 5.54 Å². The molecule has 102 valence electrons. The van der Waals surface area contributed by atoms with Gasteiger partial charge in [0.25, 0.3) is 0 Å². The molecule has 0 bridgehead atoms. The summed E-state index contributed by atoms with van der Waals surface area (Å²) in [7, 11) is 0. The Labute approximate surface area is 121 Å². The zero-order chi connectivity index (χ0) is 13.9. The Kier molecular flexibility index (Phi) is 4.37. The molecular weight excluding hydrogens is 306 g/mol. The van der Waals surface area contributed by atoms with E-state index in [4.69, 9.17) is 10.3 Å². The summed E-state index contributed by atoms with van der Waals surface area (Å²) in [5.41, 5.74) is 6.77. The van der Waals surface area contributed by atoms with Gasteiger partial charge in [-0.1, -0.05) is 46.6 Å². The van der Waals surface area contributed by atoms with E-state index in [9.17, 15) is 0 Å². The first-order valence-corrected chi connectivity index (χ1v) is 7.17. The van der Waals surface area contributed by atoms with Crippen LogP contribution in [0, 0.1) is 0 Å². The average molecular weight is 324 g/mol. The summed E-state index contributed by atoms with van der Waals surface area (Å²) in [6, 6.07) is 8.07. The highest BCUT2D eigenvalue weighted by Crippen LogP contribution is 2.22. The SMILES string of the molecule is CCCC(C)(N)c1nc(Cc2ccc(Br)cc2)no1. The summed E-state index contributed by atoms with van der Waals surface area (Å²) in [6.45, 7) is 4.01. The normalized spacial score (nSPS) is 14.3. The van der Waals surface area contributed by atoms with Crippen molar-refractivity contribution in [3.8, 4) is 0 Å². The van der Waals surface area contributed by atoms with Crippen LogP contribution >= 0.6 is 15.9 Å². The third-order valence-electron chi connectivity index (χ3n) is 3.00. The second-order valence-corrected chi connectivity index (χ2v) is 5.90. The summed E-state index contributed by atoms with van der Waals surface area (Å²) in [6.07, 6.45) is 2.46. The highest BCUT2D eigenvalue weighted by Gasteiger charge is 2.27. The first-order valence-electron chi connectivity index (χ1n) is 6.37. The Balaban J connectivity index is 2.11. The molecule has 2 N–H and O–H groups in total. The van der Waals surface area contributed by atoms with Crippen molar-refractivity contribution in [1.29, 1.82) is 0 Å². The van der Waals surface area contributed by atoms with Crippen molar-refractivity contribution in [2.45, 2.75) is 38.6 Å². The summed E-state index contributed by atoms with van der Waals surface area (Å²) in [4.78, 5) is 4.40. The Morgan fingerprint density at radius 3 is 2.63 bits per heavy atom. The van der Waals surface area contributed by atoms with Gasteiger partial charge in [-0.3, -0.25) is 0 Å². The number of benzene rings is 1. The molecule has 0 fully saturated rings. The first kappa shape index (κ1) is 14.2. The summed E-state index contributed by atoms with van der Waals surface area (Å²) < 4.78 is 6.34. The third kappa shape index (κ3) is 3.64. The van der Waals surface area contributed by atoms with Gasteiger partial charge in [0, 0.05) is 10.9 Å². The van der Waals surface area contributed by atoms with Crippen LogP contribution in [0.2, 0.25) is 0 Å². The van der Waals surface area contributed by atoms with E-state index in [2.05, 4.69) is 33.0 Å². The molecule has 0 spiro atoms. The minimum absolute atomic E-state index is 0.515. The molecule has 0 aliphatic rings. The van der Waals surface area contributed by atoms with Gasteiger partial charge < -0.3 is 10.3 Å². The molecule has 19 heavy (non-hydrogen) atoms. The molecule has 1 atom stereocenters. The van der Waals surface area contributed by atoms with Crippen molar-refractivity contribution >= 4 is 15.9 Å². The number of nitrogens with two attached hydrogens (primary N) is 1. The standard InChI is InChI=1S/C14H18BrN3O/c1-3-8-14(2,16)13-17-12(18-19-13)9-10-4-6-11(15)7-5-10/h4-7H,3,8-9,16H2,1-2H3. The van der Waals surface area contributed by atoms with Gasteiger partial charge in [0.1, 0.15) is 0 Å². The fraction of sp³-hybridized carbons (Fsp3) is 0.429. The van der Waals surface area contributed by atoms with Gasteiger partial charge in [0.05, 0.1) is 5.54 Å². The fourth-order valence-corrected chi connectivity index (χ4v) is 2.23. The number of rotatable bonds is 5. The van der Waals surface area contributed by atoms with E-state index in [1.54, 1.807) is 0 Å². The second-order valence-electron chi connectivity index (χ2n) is 4.99. The molecule has 5 heteroatoms. The van der Waals surface area contributed by atoms with Crippen molar-refractivity contribution in [3.05, 3.63) is 46.0 Å². The van der Waals surface area contributed by atoms with Gasteiger partial charge in [-0.15, -0.1) is 0 Å². The van der Waals surface area contributed by atoms with Crippen LogP contribution in [0.5, 0.6) is 0 Å². The number of aromatic nitrogens is 2. The maximum absolute atomic E-state index is 6.17. The number of halogens is 1. The maximum Gasteiger partial charge on any atom is 0.246 e. The number of nitrogens with zero attached hydrogens (tertiary/aromatic N) is 2. The molecule has 0 saturated heterocycles. The lowest BCUT2D eigenvalue weighted by Gasteiger charge is -2.18. The van der Waals surface area contributed by atoms with Crippen molar-refractivity contribution in [1.82, 2.24) is 10.1 Å². The average Bonchev–Trinajstić information content (AvgIpc) is 2.81. The molecule has 1 aromatic carbocycles. The van der Waals surface area contributed by atoms with Gasteiger partial charge >= 0.3 is 0 Å². The lowest BCUT2D eigenvalue weighted by atomic mass is 9.98. The highest BCUT2D eigenvalue weighted by atomic mass is 79.9. The van der Waals surface area contributed by atoms with Crippen LogP contribution in [0.3, 0.4) is 0 Å². The second kappa shape index (κ2) is 5.84. The molecule has 2 aromatic rings. The van der Waals surface area contributed by atoms with Crippen LogP contribution in [0.25, 0.3) is 0 Å². The van der Waals surface area contributed by atoms with Crippen LogP contribution in [-0.2, 0) is 12.0 Å². The highest BCUT2D eigenvalue weighted by molar-refractivity contribution is 9.10. The lowest BCUT2D eigenvalue weighted by Crippen LogP contribution is -2.33. The predicted molar refractivity (Wildman–Crippen MR) is 77.7 cm³/mol. The van der Waals surface area contributed by atoms with Crippen LogP contribution in [0.1, 0.15) is 44.0 Å². The van der Waals surface area contributed by atoms with Crippen LogP contribution in [0.15, 0.2) is 33.3 Å². The van der Waals surface area contributed by atoms with Crippen molar-refractivity contribution < 1.29 is 4.52 Å². The van der Waals surface area contributed by atoms with Crippen molar-refractivity contribution in [2.24, 2.45) is 5.73 Å². The van der Waals surface area contributed by atoms with Crippen LogP contribution in [0.4, 0.5) is 0 Å². The minimum atomic E-state index is -0.542. The largest absolute Gasteiger partial charge is 0.337 e. The van der Waals surface area contributed by atoms with Crippen molar-refractivity contribution in [3.63, 3.8) is 0 Å². The molecule has 0 radical (unpaired) electrons. The first-order chi connectivity index (χ1) is 9.01. The zero-order valence-corrected chi connectivity index (χ0v) is 12.8. The monoisotopic (exact) mass is 323 g/mol. The molecule has 4 nitrogen and oxygen atoms in total. The number of hydrogen-bond donors (Lipinski definition) is 1. The predicted octanol–water partition coefficient (Wildman–Crippen LogP) is 3.40. The third-order valence-corrected chi connectivity index (χ3v) is 3.53. The molecule has 1 heterocycles. The molecule has 0 saturated carbocycles. The molecule has 0 amide bonds. The van der Waals surface area contributed by atoms with E-state index in [0.29, 0.717) is 18.1 Å². The summed E-state index contributed by atoms with van der Waals surface area (Å²) in [5, 5.41) is 4.00. The van der Waals surface area contributed by atoms with Gasteiger partial charge in [0.15, 0.2) is 5.82 Å². The van der Waals surface area contributed by atoms with Gasteiger partial charge in [-0.25, -0.2) is 0 Å². The summed E-state index contributed by atoms with van der Waals surface area (Å²) >= 11 is 3.41. The Bertz CT molecular complexity index is 534. The molecule has 0 aliphatic carbocycles. The molecule has 1 aromatic heterocycles. The minimum Gasteiger partial charge on any atom is -0.337 e. The molecular formula is C14H18BrN3O. The smallest absolute Gasteiger partial charge is 0.246 e. The van der Waals surface area contributed by atoms with E-state index in [-0.39, 0.29) is 0 Å². The zero-order valence-electron chi connectivity index (χ0n) is 11.2. The molecule has 0 aliphatic heterocycles. The van der Waals surface area contributed by atoms with E-state index >= 15 is 0 Å². The molecule has 1 unspecified atom stereocenters. The Morgan fingerprint density at radius 2 is 2.00 bits per heavy atom.